The van der Waals surface area contributed by atoms with Gasteiger partial charge >= 0.3 is 0 Å². The van der Waals surface area contributed by atoms with E-state index < -0.39 is 64.9 Å². The monoisotopic (exact) mass is 569 g/mol. The Balaban J connectivity index is 1.55. The number of fused-ring (bicyclic) bond motifs is 8. The van der Waals surface area contributed by atoms with Crippen LogP contribution in [0.2, 0.25) is 0 Å². The number of hydrogen-bond donors (Lipinski definition) is 5. The Morgan fingerprint density at radius 1 is 1.07 bits per heavy atom. The fraction of sp³-hybridized carbons (Fsp3) is 0.533. The van der Waals surface area contributed by atoms with E-state index in [0.717, 1.165) is 0 Å². The highest BCUT2D eigenvalue weighted by Crippen LogP contribution is 2.54. The maximum Gasteiger partial charge on any atom is 0.228 e. The summed E-state index contributed by atoms with van der Waals surface area (Å²) in [6.07, 6.45) is -3.55. The molecule has 4 aliphatic rings. The van der Waals surface area contributed by atoms with Crippen molar-refractivity contribution in [3.05, 3.63) is 51.1 Å². The Bertz CT molecular complexity index is 1480. The van der Waals surface area contributed by atoms with Gasteiger partial charge in [-0.2, -0.15) is 0 Å². The van der Waals surface area contributed by atoms with E-state index in [1.165, 1.54) is 12.1 Å². The molecule has 41 heavy (non-hydrogen) atoms. The standard InChI is InChI=1S/C30H35NO10/c1-6-7-39-16-11-29(2,38)10-12-8-13-18(23(34)17(12)16)24(35)19-15(32)9-14-26(20(19)22(13)33)40-28-25(36)21(31(4)5)27(37)30(14,3)41-28/h8-9,16,21,25,27-28,32,34,36-38H,6-7,10-11H2,1-5H3/t16-,21+,25+,27-,28-,29-,30-/m1/s1. The first kappa shape index (κ1) is 28.1. The molecule has 11 heteroatoms. The van der Waals surface area contributed by atoms with Gasteiger partial charge in [-0.05, 0) is 52.1 Å². The molecule has 0 saturated carbocycles. The lowest BCUT2D eigenvalue weighted by molar-refractivity contribution is -0.311. The normalized spacial score (nSPS) is 33.5. The molecule has 220 valence electrons. The van der Waals surface area contributed by atoms with Crippen molar-refractivity contribution in [1.29, 1.82) is 0 Å². The Morgan fingerprint density at radius 3 is 2.44 bits per heavy atom. The molecular formula is C30H35NO10. The van der Waals surface area contributed by atoms with Crippen LogP contribution in [0.1, 0.15) is 88.3 Å². The zero-order chi connectivity index (χ0) is 29.8. The molecule has 1 fully saturated rings. The smallest absolute Gasteiger partial charge is 0.228 e. The van der Waals surface area contributed by atoms with Gasteiger partial charge in [0, 0.05) is 36.1 Å². The Labute approximate surface area is 236 Å². The van der Waals surface area contributed by atoms with E-state index in [1.54, 1.807) is 32.8 Å². The van der Waals surface area contributed by atoms with Gasteiger partial charge in [0.15, 0.2) is 5.78 Å². The van der Waals surface area contributed by atoms with Crippen molar-refractivity contribution in [2.75, 3.05) is 20.7 Å². The van der Waals surface area contributed by atoms with Gasteiger partial charge in [-0.1, -0.05) is 6.92 Å². The fourth-order valence-electron chi connectivity index (χ4n) is 6.96. The summed E-state index contributed by atoms with van der Waals surface area (Å²) in [6, 6.07) is 1.93. The second-order valence-corrected chi connectivity index (χ2v) is 12.2. The van der Waals surface area contributed by atoms with Gasteiger partial charge in [-0.25, -0.2) is 0 Å². The minimum atomic E-state index is -1.50. The maximum absolute atomic E-state index is 14.2. The number of phenolic OH excluding ortho intramolecular Hbond substituents is 2. The number of ketones is 2. The molecule has 2 heterocycles. The molecular weight excluding hydrogens is 534 g/mol. The summed E-state index contributed by atoms with van der Waals surface area (Å²) in [5.74, 6) is -2.49. The van der Waals surface area contributed by atoms with E-state index in [4.69, 9.17) is 14.2 Å². The first-order valence-corrected chi connectivity index (χ1v) is 13.8. The number of benzene rings is 2. The van der Waals surface area contributed by atoms with Crippen molar-refractivity contribution in [3.8, 4) is 17.2 Å². The van der Waals surface area contributed by atoms with Crippen molar-refractivity contribution in [3.63, 3.8) is 0 Å². The van der Waals surface area contributed by atoms with Crippen LogP contribution in [0.15, 0.2) is 12.1 Å². The number of rotatable bonds is 4. The van der Waals surface area contributed by atoms with Gasteiger partial charge in [0.05, 0.1) is 34.4 Å². The van der Waals surface area contributed by atoms with E-state index in [0.29, 0.717) is 24.2 Å². The van der Waals surface area contributed by atoms with Crippen LogP contribution >= 0.6 is 0 Å². The lowest BCUT2D eigenvalue weighted by atomic mass is 9.72. The third-order valence-electron chi connectivity index (χ3n) is 8.89. The number of carbonyl (C=O) groups is 2. The summed E-state index contributed by atoms with van der Waals surface area (Å²) in [4.78, 5) is 29.8. The zero-order valence-corrected chi connectivity index (χ0v) is 23.6. The number of aliphatic hydroxyl groups excluding tert-OH is 2. The second-order valence-electron chi connectivity index (χ2n) is 12.2. The number of aliphatic hydroxyl groups is 3. The summed E-state index contributed by atoms with van der Waals surface area (Å²) >= 11 is 0. The lowest BCUT2D eigenvalue weighted by Crippen LogP contribution is -2.68. The van der Waals surface area contributed by atoms with E-state index in [2.05, 4.69) is 0 Å². The van der Waals surface area contributed by atoms with E-state index >= 15 is 0 Å². The molecule has 7 atom stereocenters. The van der Waals surface area contributed by atoms with Crippen molar-refractivity contribution in [2.45, 2.75) is 81.9 Å². The first-order chi connectivity index (χ1) is 19.2. The molecule has 2 aromatic rings. The molecule has 1 saturated heterocycles. The van der Waals surface area contributed by atoms with Crippen LogP contribution in [-0.4, -0.2) is 92.8 Å². The summed E-state index contributed by atoms with van der Waals surface area (Å²) in [5, 5.41) is 55.9. The second kappa shape index (κ2) is 9.22. The lowest BCUT2D eigenvalue weighted by Gasteiger charge is -2.53. The Morgan fingerprint density at radius 2 is 1.78 bits per heavy atom. The van der Waals surface area contributed by atoms with Gasteiger partial charge in [-0.15, -0.1) is 0 Å². The van der Waals surface area contributed by atoms with Crippen LogP contribution in [0.3, 0.4) is 0 Å². The number of phenols is 2. The quantitative estimate of drug-likeness (QED) is 0.310. The predicted molar refractivity (Wildman–Crippen MR) is 143 cm³/mol. The van der Waals surface area contributed by atoms with E-state index in [1.807, 2.05) is 6.92 Å². The van der Waals surface area contributed by atoms with Crippen molar-refractivity contribution in [2.24, 2.45) is 0 Å². The van der Waals surface area contributed by atoms with Crippen LogP contribution in [-0.2, 0) is 21.5 Å². The number of hydrogen-bond acceptors (Lipinski definition) is 11. The van der Waals surface area contributed by atoms with E-state index in [9.17, 15) is 35.1 Å². The number of aromatic hydroxyl groups is 2. The van der Waals surface area contributed by atoms with Crippen LogP contribution in [0.25, 0.3) is 0 Å². The van der Waals surface area contributed by atoms with Crippen molar-refractivity contribution in [1.82, 2.24) is 4.90 Å². The predicted octanol–water partition coefficient (Wildman–Crippen LogP) is 1.65. The number of carbonyl (C=O) groups excluding carboxylic acids is 2. The Kier molecular flexibility index (Phi) is 6.31. The van der Waals surface area contributed by atoms with Gasteiger partial charge in [0.1, 0.15) is 35.1 Å². The highest BCUT2D eigenvalue weighted by atomic mass is 16.7. The van der Waals surface area contributed by atoms with Gasteiger partial charge in [0.25, 0.3) is 0 Å². The molecule has 2 aliphatic heterocycles. The fourth-order valence-corrected chi connectivity index (χ4v) is 6.96. The molecule has 0 amide bonds. The van der Waals surface area contributed by atoms with Gasteiger partial charge in [0.2, 0.25) is 12.1 Å². The van der Waals surface area contributed by atoms with Crippen LogP contribution < -0.4 is 4.74 Å². The average molecular weight is 570 g/mol. The molecule has 2 bridgehead atoms. The third-order valence-corrected chi connectivity index (χ3v) is 8.89. The maximum atomic E-state index is 14.2. The topological polar surface area (TPSA) is 166 Å². The highest BCUT2D eigenvalue weighted by Gasteiger charge is 2.59. The molecule has 6 rings (SSSR count). The molecule has 2 aliphatic carbocycles. The molecule has 0 spiro atoms. The van der Waals surface area contributed by atoms with Gasteiger partial charge in [-0.3, -0.25) is 9.59 Å². The van der Waals surface area contributed by atoms with Crippen LogP contribution in [0.5, 0.6) is 17.2 Å². The molecule has 5 N–H and O–H groups in total. The molecule has 2 aromatic carbocycles. The third kappa shape index (κ3) is 3.87. The van der Waals surface area contributed by atoms with Crippen LogP contribution in [0.4, 0.5) is 0 Å². The number of nitrogens with zero attached hydrogens (tertiary/aromatic N) is 1. The molecule has 0 radical (unpaired) electrons. The zero-order valence-electron chi connectivity index (χ0n) is 23.6. The van der Waals surface area contributed by atoms with Crippen LogP contribution in [0, 0.1) is 0 Å². The number of ether oxygens (including phenoxy) is 3. The first-order valence-electron chi connectivity index (χ1n) is 13.8. The van der Waals surface area contributed by atoms with Crippen molar-refractivity contribution < 1.29 is 49.3 Å². The van der Waals surface area contributed by atoms with E-state index in [-0.39, 0.29) is 46.4 Å². The minimum absolute atomic E-state index is 0.0794. The summed E-state index contributed by atoms with van der Waals surface area (Å²) < 4.78 is 17.9. The highest BCUT2D eigenvalue weighted by molar-refractivity contribution is 6.31. The number of likely N-dealkylation sites (N-methyl/N-ethyl adjacent to an activating group) is 1. The molecule has 0 unspecified atom stereocenters. The largest absolute Gasteiger partial charge is 0.507 e. The summed E-state index contributed by atoms with van der Waals surface area (Å²) in [7, 11) is 3.38. The summed E-state index contributed by atoms with van der Waals surface area (Å²) in [6.45, 7) is 5.52. The minimum Gasteiger partial charge on any atom is -0.507 e. The van der Waals surface area contributed by atoms with Gasteiger partial charge < -0.3 is 44.6 Å². The van der Waals surface area contributed by atoms with Crippen molar-refractivity contribution >= 4 is 11.6 Å². The molecule has 11 nitrogen and oxygen atoms in total. The average Bonchev–Trinajstić information content (AvgIpc) is 2.88. The SMILES string of the molecule is CCCO[C@@H]1C[C@](C)(O)Cc2cc3c(c(O)c21)C(=O)c1c(O)cc2c(c1C3=O)O[C@@H]1O[C@@]2(C)[C@H](O)[C@@H](N(C)C)[C@@H]1O. The summed E-state index contributed by atoms with van der Waals surface area (Å²) in [5.41, 5.74) is -2.64. The Hall–Kier alpha value is -3.06. The molecule has 0 aromatic heterocycles.